The Kier molecular flexibility index (Phi) is 17.6. The molecule has 386 valence electrons. The van der Waals surface area contributed by atoms with Crippen LogP contribution in [0.4, 0.5) is 9.59 Å². The Balaban J connectivity index is 1.51. The van der Waals surface area contributed by atoms with Crippen LogP contribution in [0.3, 0.4) is 0 Å². The molecule has 10 heteroatoms. The second kappa shape index (κ2) is 22.1. The van der Waals surface area contributed by atoms with Crippen LogP contribution in [-0.4, -0.2) is 74.0 Å². The summed E-state index contributed by atoms with van der Waals surface area (Å²) in [6, 6.07) is 19.4. The molecule has 2 aliphatic carbocycles. The second-order valence-corrected chi connectivity index (χ2v) is 36.6. The predicted molar refractivity (Wildman–Crippen MR) is 292 cm³/mol. The lowest BCUT2D eigenvalue weighted by Gasteiger charge is -2.51. The average Bonchev–Trinajstić information content (AvgIpc) is 3.30. The number of amides is 2. The fourth-order valence-electron chi connectivity index (χ4n) is 15.7. The second-order valence-electron chi connectivity index (χ2n) is 24.9. The number of nitrogens with zero attached hydrogens (tertiary/aromatic N) is 2. The van der Waals surface area contributed by atoms with Crippen molar-refractivity contribution in [2.24, 2.45) is 11.8 Å². The third kappa shape index (κ3) is 10.3. The van der Waals surface area contributed by atoms with Crippen LogP contribution in [0, 0.1) is 11.8 Å². The predicted octanol–water partition coefficient (Wildman–Crippen LogP) is 15.8. The van der Waals surface area contributed by atoms with Gasteiger partial charge in [0, 0.05) is 37.1 Å². The van der Waals surface area contributed by atoms with Crippen molar-refractivity contribution in [1.29, 1.82) is 0 Å². The molecule has 0 radical (unpaired) electrons. The van der Waals surface area contributed by atoms with Crippen molar-refractivity contribution < 1.29 is 28.7 Å². The number of hydrogen-bond acceptors (Lipinski definition) is 6. The molecular weight excluding hydrogens is 901 g/mol. The number of ether oxygens (including phenoxy) is 2. The summed E-state index contributed by atoms with van der Waals surface area (Å²) in [7, 11) is -5.24. The Bertz CT molecular complexity index is 2010. The third-order valence-corrected chi connectivity index (χ3v) is 33.1. The van der Waals surface area contributed by atoms with Gasteiger partial charge in [0.2, 0.25) is 0 Å². The molecule has 0 aromatic heterocycles. The van der Waals surface area contributed by atoms with Crippen molar-refractivity contribution in [3.8, 4) is 0 Å². The van der Waals surface area contributed by atoms with E-state index in [1.165, 1.54) is 11.1 Å². The SMILES string of the molecule is CC(C)[Si](C1=CN(C(=O)O[C@H]2CCCC[C@@H]2C(C)(C)c2ccccc2)C([C@H]2CC(=O)C([Si](C(C)C)(C(C)C)C(C)C)=CN2C(=O)O[C@H]2CCCC[C@@H]2C(C)(C)c2ccccc2)CC1=O)(C(C)C)C(C)C. The minimum atomic E-state index is -2.62. The summed E-state index contributed by atoms with van der Waals surface area (Å²) in [6.45, 7) is 35.9. The molecule has 2 aliphatic heterocycles. The number of Topliss-reactive ketones (excluding diaryl/α,β-unsaturated/α-hetero) is 2. The summed E-state index contributed by atoms with van der Waals surface area (Å²) >= 11 is 0. The van der Waals surface area contributed by atoms with Gasteiger partial charge in [-0.3, -0.25) is 19.4 Å². The van der Waals surface area contributed by atoms with E-state index in [9.17, 15) is 0 Å². The van der Waals surface area contributed by atoms with Crippen molar-refractivity contribution in [3.63, 3.8) is 0 Å². The Hall–Kier alpha value is -3.77. The van der Waals surface area contributed by atoms with Gasteiger partial charge in [0.05, 0.1) is 12.1 Å². The quantitative estimate of drug-likeness (QED) is 0.165. The topological polar surface area (TPSA) is 93.2 Å². The number of carbonyl (C=O) groups excluding carboxylic acids is 4. The first-order chi connectivity index (χ1) is 32.9. The van der Waals surface area contributed by atoms with E-state index in [0.717, 1.165) is 61.8 Å². The molecule has 4 aliphatic rings. The summed E-state index contributed by atoms with van der Waals surface area (Å²) in [6.07, 6.45) is 9.33. The first kappa shape index (κ1) is 55.5. The minimum absolute atomic E-state index is 0.00937. The molecule has 0 N–H and O–H groups in total. The highest BCUT2D eigenvalue weighted by atomic mass is 28.3. The van der Waals surface area contributed by atoms with Crippen molar-refractivity contribution in [1.82, 2.24) is 9.80 Å². The largest absolute Gasteiger partial charge is 0.446 e. The van der Waals surface area contributed by atoms with Crippen LogP contribution >= 0.6 is 0 Å². The number of allylic oxidation sites excluding steroid dienone is 2. The maximum Gasteiger partial charge on any atom is 0.414 e. The van der Waals surface area contributed by atoms with Crippen LogP contribution in [0.1, 0.15) is 186 Å². The maximum atomic E-state index is 15.6. The lowest BCUT2D eigenvalue weighted by Crippen LogP contribution is -2.61. The molecule has 8 nitrogen and oxygen atoms in total. The number of rotatable bonds is 15. The third-order valence-electron chi connectivity index (χ3n) is 19.0. The van der Waals surface area contributed by atoms with E-state index in [2.05, 4.69) is 159 Å². The van der Waals surface area contributed by atoms with Crippen molar-refractivity contribution in [2.45, 2.75) is 243 Å². The number of ketones is 2. The standard InChI is InChI=1S/C60H92N2O6Si2/c1-39(2)69(40(3)4,41(5)6)55-37-61(57(65)67-53-33-25-23-31-47(53)59(13,14)45-27-19-17-20-28-45)49(35-51(55)63)50-36-52(64)56(70(42(7)8,43(9)10)44(11)12)38-62(50)58(66)68-54-34-26-24-32-48(54)60(15,16)46-29-21-18-22-30-46/h17-22,27-30,37-44,47-50,53-54H,23-26,31-36H2,1-16H3/t47-,48-,49+,50?,53-,54-/m0/s1. The number of hydrogen-bond donors (Lipinski definition) is 0. The molecule has 2 fully saturated rings. The van der Waals surface area contributed by atoms with E-state index in [-0.39, 0.29) is 92.5 Å². The van der Waals surface area contributed by atoms with Gasteiger partial charge >= 0.3 is 12.2 Å². The summed E-state index contributed by atoms with van der Waals surface area (Å²) in [5.74, 6) is 0.157. The van der Waals surface area contributed by atoms with Gasteiger partial charge in [0.15, 0.2) is 11.6 Å². The van der Waals surface area contributed by atoms with Gasteiger partial charge in [-0.05, 0) is 104 Å². The molecule has 2 aromatic carbocycles. The molecule has 2 aromatic rings. The molecule has 2 saturated carbocycles. The molecule has 0 saturated heterocycles. The van der Waals surface area contributed by atoms with E-state index < -0.39 is 40.4 Å². The fourth-order valence-corrected chi connectivity index (χ4v) is 29.3. The first-order valence-corrected chi connectivity index (χ1v) is 31.9. The average molecular weight is 994 g/mol. The van der Waals surface area contributed by atoms with Crippen LogP contribution in [0.5, 0.6) is 0 Å². The van der Waals surface area contributed by atoms with Crippen molar-refractivity contribution >= 4 is 39.9 Å². The van der Waals surface area contributed by atoms with Crippen LogP contribution in [-0.2, 0) is 29.9 Å². The molecular formula is C60H92N2O6Si2. The van der Waals surface area contributed by atoms with Gasteiger partial charge in [-0.25, -0.2) is 9.59 Å². The highest BCUT2D eigenvalue weighted by molar-refractivity contribution is 6.94. The maximum absolute atomic E-state index is 15.6. The van der Waals surface area contributed by atoms with E-state index in [0.29, 0.717) is 0 Å². The Labute approximate surface area is 426 Å². The van der Waals surface area contributed by atoms with E-state index in [4.69, 9.17) is 9.47 Å². The molecule has 2 heterocycles. The van der Waals surface area contributed by atoms with E-state index in [1.54, 1.807) is 9.80 Å². The Morgan fingerprint density at radius 2 is 0.771 bits per heavy atom. The number of benzene rings is 2. The molecule has 1 unspecified atom stereocenters. The van der Waals surface area contributed by atoms with E-state index in [1.807, 2.05) is 24.5 Å². The van der Waals surface area contributed by atoms with Gasteiger partial charge in [-0.1, -0.05) is 184 Å². The monoisotopic (exact) mass is 993 g/mol. The highest BCUT2D eigenvalue weighted by Gasteiger charge is 2.56. The van der Waals surface area contributed by atoms with Crippen molar-refractivity contribution in [3.05, 3.63) is 94.6 Å². The lowest BCUT2D eigenvalue weighted by atomic mass is 9.66. The molecule has 0 spiro atoms. The summed E-state index contributed by atoms with van der Waals surface area (Å²) in [5.41, 5.74) is 3.15. The van der Waals surface area contributed by atoms with Gasteiger partial charge < -0.3 is 9.47 Å². The zero-order valence-corrected chi connectivity index (χ0v) is 48.3. The molecule has 70 heavy (non-hydrogen) atoms. The lowest BCUT2D eigenvalue weighted by molar-refractivity contribution is -0.121. The van der Waals surface area contributed by atoms with Gasteiger partial charge in [0.1, 0.15) is 28.4 Å². The summed E-state index contributed by atoms with van der Waals surface area (Å²) in [5, 5.41) is 1.52. The zero-order chi connectivity index (χ0) is 51.7. The smallest absolute Gasteiger partial charge is 0.414 e. The highest BCUT2D eigenvalue weighted by Crippen LogP contribution is 2.52. The fraction of sp³-hybridized carbons (Fsp3) is 0.667. The van der Waals surface area contributed by atoms with Gasteiger partial charge in [-0.15, -0.1) is 0 Å². The van der Waals surface area contributed by atoms with Gasteiger partial charge in [0.25, 0.3) is 0 Å². The molecule has 2 amide bonds. The van der Waals surface area contributed by atoms with Crippen LogP contribution < -0.4 is 0 Å². The molecule has 0 bridgehead atoms. The summed E-state index contributed by atoms with van der Waals surface area (Å²) < 4.78 is 13.8. The summed E-state index contributed by atoms with van der Waals surface area (Å²) in [4.78, 5) is 65.2. The van der Waals surface area contributed by atoms with Crippen LogP contribution in [0.2, 0.25) is 33.2 Å². The normalized spacial score (nSPS) is 24.5. The van der Waals surface area contributed by atoms with Crippen LogP contribution in [0.25, 0.3) is 0 Å². The number of carbonyl (C=O) groups is 4. The Morgan fingerprint density at radius 3 is 1.06 bits per heavy atom. The molecule has 6 rings (SSSR count). The van der Waals surface area contributed by atoms with Crippen molar-refractivity contribution in [2.75, 3.05) is 0 Å². The molecule has 6 atom stereocenters. The first-order valence-electron chi connectivity index (χ1n) is 27.5. The van der Waals surface area contributed by atoms with Crippen LogP contribution in [0.15, 0.2) is 83.5 Å². The van der Waals surface area contributed by atoms with E-state index >= 15 is 19.2 Å². The zero-order valence-electron chi connectivity index (χ0n) is 46.3. The minimum Gasteiger partial charge on any atom is -0.446 e. The Morgan fingerprint density at radius 1 is 0.486 bits per heavy atom. The van der Waals surface area contributed by atoms with Gasteiger partial charge in [-0.2, -0.15) is 0 Å².